The van der Waals surface area contributed by atoms with Crippen LogP contribution in [0, 0.1) is 13.8 Å². The van der Waals surface area contributed by atoms with Crippen LogP contribution in [0.3, 0.4) is 0 Å². The van der Waals surface area contributed by atoms with Gasteiger partial charge in [-0.15, -0.1) is 0 Å². The highest BCUT2D eigenvalue weighted by Gasteiger charge is 2.46. The van der Waals surface area contributed by atoms with Crippen LogP contribution >= 0.6 is 0 Å². The van der Waals surface area contributed by atoms with E-state index in [0.29, 0.717) is 0 Å². The molecule has 0 bridgehead atoms. The van der Waals surface area contributed by atoms with Gasteiger partial charge in [0.05, 0.1) is 29.3 Å². The van der Waals surface area contributed by atoms with Gasteiger partial charge in [-0.25, -0.2) is 0 Å². The van der Waals surface area contributed by atoms with Crippen LogP contribution in [-0.4, -0.2) is 23.6 Å². The summed E-state index contributed by atoms with van der Waals surface area (Å²) >= 11 is 0. The van der Waals surface area contributed by atoms with E-state index >= 15 is 0 Å². The maximum Gasteiger partial charge on any atom is 0.167 e. The second-order valence-corrected chi connectivity index (χ2v) is 7.50. The number of aromatic nitrogens is 1. The lowest BCUT2D eigenvalue weighted by atomic mass is 9.69. The van der Waals surface area contributed by atoms with E-state index in [1.165, 1.54) is 0 Å². The fraction of sp³-hybridized carbons (Fsp3) is 0.474. The van der Waals surface area contributed by atoms with Crippen LogP contribution in [-0.2, 0) is 10.2 Å². The summed E-state index contributed by atoms with van der Waals surface area (Å²) in [6.45, 7) is 11.6. The number of fused-ring (bicyclic) bond motifs is 1. The molecule has 2 aromatic rings. The Labute approximate surface area is 142 Å². The van der Waals surface area contributed by atoms with Gasteiger partial charge in [-0.2, -0.15) is 0 Å². The summed E-state index contributed by atoms with van der Waals surface area (Å²) in [6, 6.07) is 3.99. The lowest BCUT2D eigenvalue weighted by Crippen LogP contribution is -2.53. The normalized spacial score (nSPS) is 18.0. The molecule has 5 nitrogen and oxygen atoms in total. The third-order valence-corrected chi connectivity index (χ3v) is 4.90. The number of ketones is 1. The fourth-order valence-corrected chi connectivity index (χ4v) is 3.73. The average molecular weight is 328 g/mol. The maximum atomic E-state index is 12.9. The van der Waals surface area contributed by atoms with Crippen molar-refractivity contribution in [3.05, 3.63) is 29.2 Å². The zero-order valence-corrected chi connectivity index (χ0v) is 15.3. The standard InChI is InChI=1S/C19H24N2O3/c1-10-16(11(2)24-21-10)12-8-13-14(9-15(12)23-7)20-19(5,6)17(22)18(13,3)4/h8-9,20H,1-7H3. The van der Waals surface area contributed by atoms with Gasteiger partial charge in [0, 0.05) is 17.3 Å². The molecule has 128 valence electrons. The van der Waals surface area contributed by atoms with Gasteiger partial charge in [-0.05, 0) is 53.2 Å². The molecule has 0 radical (unpaired) electrons. The van der Waals surface area contributed by atoms with Crippen molar-refractivity contribution in [2.75, 3.05) is 12.4 Å². The van der Waals surface area contributed by atoms with Crippen LogP contribution in [0.15, 0.2) is 16.7 Å². The van der Waals surface area contributed by atoms with E-state index in [1.807, 2.05) is 53.7 Å². The summed E-state index contributed by atoms with van der Waals surface area (Å²) in [5.41, 5.74) is 3.30. The van der Waals surface area contributed by atoms with Crippen LogP contribution in [0.1, 0.15) is 44.7 Å². The Kier molecular flexibility index (Phi) is 3.52. The van der Waals surface area contributed by atoms with E-state index < -0.39 is 11.0 Å². The van der Waals surface area contributed by atoms with Gasteiger partial charge in [0.2, 0.25) is 0 Å². The molecule has 0 saturated heterocycles. The van der Waals surface area contributed by atoms with Gasteiger partial charge < -0.3 is 14.6 Å². The van der Waals surface area contributed by atoms with Crippen LogP contribution in [0.2, 0.25) is 0 Å². The van der Waals surface area contributed by atoms with Crippen molar-refractivity contribution in [2.24, 2.45) is 0 Å². The molecule has 0 amide bonds. The molecule has 1 aromatic heterocycles. The average Bonchev–Trinajstić information content (AvgIpc) is 2.83. The molecule has 0 unspecified atom stereocenters. The first-order valence-corrected chi connectivity index (χ1v) is 8.08. The Balaban J connectivity index is 2.30. The summed E-state index contributed by atoms with van der Waals surface area (Å²) in [7, 11) is 1.65. The molecule has 1 aliphatic heterocycles. The Morgan fingerprint density at radius 3 is 2.38 bits per heavy atom. The van der Waals surface area contributed by atoms with Crippen molar-refractivity contribution in [3.8, 4) is 16.9 Å². The summed E-state index contributed by atoms with van der Waals surface area (Å²) in [5, 5.41) is 7.39. The number of ether oxygens (including phenoxy) is 1. The number of anilines is 1. The van der Waals surface area contributed by atoms with Crippen LogP contribution in [0.25, 0.3) is 11.1 Å². The first-order chi connectivity index (χ1) is 11.1. The van der Waals surface area contributed by atoms with Gasteiger partial charge in [0.1, 0.15) is 11.5 Å². The largest absolute Gasteiger partial charge is 0.496 e. The number of hydrogen-bond donors (Lipinski definition) is 1. The number of rotatable bonds is 2. The molecule has 1 aliphatic rings. The van der Waals surface area contributed by atoms with Gasteiger partial charge in [0.15, 0.2) is 5.78 Å². The summed E-state index contributed by atoms with van der Waals surface area (Å²) < 4.78 is 10.9. The highest BCUT2D eigenvalue weighted by molar-refractivity contribution is 6.03. The second kappa shape index (κ2) is 5.10. The number of carbonyl (C=O) groups is 1. The molecule has 1 N–H and O–H groups in total. The minimum Gasteiger partial charge on any atom is -0.496 e. The van der Waals surface area contributed by atoms with Gasteiger partial charge in [0.25, 0.3) is 0 Å². The zero-order valence-electron chi connectivity index (χ0n) is 15.3. The van der Waals surface area contributed by atoms with Gasteiger partial charge in [-0.1, -0.05) is 5.16 Å². The van der Waals surface area contributed by atoms with Crippen molar-refractivity contribution in [1.82, 2.24) is 5.16 Å². The fourth-order valence-electron chi connectivity index (χ4n) is 3.73. The first kappa shape index (κ1) is 16.6. The van der Waals surface area contributed by atoms with E-state index in [-0.39, 0.29) is 5.78 Å². The smallest absolute Gasteiger partial charge is 0.167 e. The molecule has 3 rings (SSSR count). The summed E-state index contributed by atoms with van der Waals surface area (Å²) in [6.07, 6.45) is 0. The van der Waals surface area contributed by atoms with Crippen molar-refractivity contribution in [3.63, 3.8) is 0 Å². The summed E-state index contributed by atoms with van der Waals surface area (Å²) in [4.78, 5) is 12.9. The van der Waals surface area contributed by atoms with Crippen LogP contribution in [0.4, 0.5) is 5.69 Å². The minimum atomic E-state index is -0.619. The molecule has 0 atom stereocenters. The lowest BCUT2D eigenvalue weighted by Gasteiger charge is -2.42. The van der Waals surface area contributed by atoms with Crippen molar-refractivity contribution in [2.45, 2.75) is 52.5 Å². The molecule has 0 saturated carbocycles. The Bertz CT molecular complexity index is 812. The van der Waals surface area contributed by atoms with Crippen molar-refractivity contribution < 1.29 is 14.1 Å². The number of benzene rings is 1. The Hall–Kier alpha value is -2.30. The van der Waals surface area contributed by atoms with E-state index in [0.717, 1.165) is 39.6 Å². The number of hydrogen-bond acceptors (Lipinski definition) is 5. The predicted octanol–water partition coefficient (Wildman–Crippen LogP) is 4.02. The van der Waals surface area contributed by atoms with E-state index in [4.69, 9.17) is 9.26 Å². The summed E-state index contributed by atoms with van der Waals surface area (Å²) in [5.74, 6) is 1.63. The Morgan fingerprint density at radius 2 is 1.83 bits per heavy atom. The number of carbonyl (C=O) groups excluding carboxylic acids is 1. The number of nitrogens with zero attached hydrogens (tertiary/aromatic N) is 1. The van der Waals surface area contributed by atoms with E-state index in [1.54, 1.807) is 7.11 Å². The van der Waals surface area contributed by atoms with Crippen LogP contribution in [0.5, 0.6) is 5.75 Å². The quantitative estimate of drug-likeness (QED) is 0.902. The third-order valence-electron chi connectivity index (χ3n) is 4.90. The van der Waals surface area contributed by atoms with E-state index in [2.05, 4.69) is 10.5 Å². The van der Waals surface area contributed by atoms with E-state index in [9.17, 15) is 4.79 Å². The zero-order chi connectivity index (χ0) is 17.9. The third kappa shape index (κ3) is 2.22. The topological polar surface area (TPSA) is 64.4 Å². The molecule has 2 heterocycles. The number of nitrogens with one attached hydrogen (secondary N) is 1. The number of aryl methyl sites for hydroxylation is 2. The number of Topliss-reactive ketones (excluding diaryl/α,β-unsaturated/α-hetero) is 1. The predicted molar refractivity (Wildman–Crippen MR) is 93.7 cm³/mol. The first-order valence-electron chi connectivity index (χ1n) is 8.08. The number of methoxy groups -OCH3 is 1. The molecule has 1 aromatic carbocycles. The van der Waals surface area contributed by atoms with Gasteiger partial charge >= 0.3 is 0 Å². The van der Waals surface area contributed by atoms with Crippen LogP contribution < -0.4 is 10.1 Å². The molecule has 0 fully saturated rings. The second-order valence-electron chi connectivity index (χ2n) is 7.50. The lowest BCUT2D eigenvalue weighted by molar-refractivity contribution is -0.127. The molecule has 0 aliphatic carbocycles. The molecule has 24 heavy (non-hydrogen) atoms. The Morgan fingerprint density at radius 1 is 1.17 bits per heavy atom. The highest BCUT2D eigenvalue weighted by atomic mass is 16.5. The minimum absolute atomic E-state index is 0.164. The van der Waals surface area contributed by atoms with Gasteiger partial charge in [-0.3, -0.25) is 4.79 Å². The monoisotopic (exact) mass is 328 g/mol. The van der Waals surface area contributed by atoms with Crippen molar-refractivity contribution >= 4 is 11.5 Å². The van der Waals surface area contributed by atoms with Crippen molar-refractivity contribution in [1.29, 1.82) is 0 Å². The SMILES string of the molecule is COc1cc2c(cc1-c1c(C)noc1C)C(C)(C)C(=O)C(C)(C)N2. The molecular formula is C19H24N2O3. The molecular weight excluding hydrogens is 304 g/mol. The molecule has 0 spiro atoms. The maximum absolute atomic E-state index is 12.9. The highest BCUT2D eigenvalue weighted by Crippen LogP contribution is 2.46. The molecule has 5 heteroatoms.